The highest BCUT2D eigenvalue weighted by Crippen LogP contribution is 2.47. The van der Waals surface area contributed by atoms with Crippen LogP contribution in [0.3, 0.4) is 0 Å². The van der Waals surface area contributed by atoms with Crippen molar-refractivity contribution in [3.63, 3.8) is 0 Å². The van der Waals surface area contributed by atoms with Gasteiger partial charge < -0.3 is 15.2 Å². The van der Waals surface area contributed by atoms with E-state index in [2.05, 4.69) is 41.1 Å². The standard InChI is InChI=1S/C23H26N4O2/c1-5-16-7-6-15(10-20(16)29-4)8-9-25-22-26-14-17(13-24)19(27-22)11-18-12-21(28)23(18,2)3/h1,6-7,10,14,18,21,28H,8-9,11-12H2,2-4H3,(H,25,26,27)/t18-,21+/m1/s1. The summed E-state index contributed by atoms with van der Waals surface area (Å²) in [6, 6.07) is 7.97. The fourth-order valence-corrected chi connectivity index (χ4v) is 3.65. The van der Waals surface area contributed by atoms with E-state index >= 15 is 0 Å². The number of nitrogens with one attached hydrogen (secondary N) is 1. The molecule has 2 atom stereocenters. The first-order chi connectivity index (χ1) is 13.9. The van der Waals surface area contributed by atoms with Gasteiger partial charge in [0.2, 0.25) is 5.95 Å². The third-order valence-corrected chi connectivity index (χ3v) is 5.96. The Morgan fingerprint density at radius 2 is 2.17 bits per heavy atom. The second kappa shape index (κ2) is 8.51. The van der Waals surface area contributed by atoms with Gasteiger partial charge in [-0.2, -0.15) is 5.26 Å². The highest BCUT2D eigenvalue weighted by molar-refractivity contribution is 5.47. The van der Waals surface area contributed by atoms with E-state index in [-0.39, 0.29) is 11.5 Å². The van der Waals surface area contributed by atoms with Gasteiger partial charge in [0.15, 0.2) is 0 Å². The average Bonchev–Trinajstić information content (AvgIpc) is 2.73. The second-order valence-electron chi connectivity index (χ2n) is 8.00. The lowest BCUT2D eigenvalue weighted by molar-refractivity contribution is -0.0978. The van der Waals surface area contributed by atoms with Gasteiger partial charge in [-0.25, -0.2) is 9.97 Å². The maximum Gasteiger partial charge on any atom is 0.222 e. The van der Waals surface area contributed by atoms with Gasteiger partial charge in [-0.15, -0.1) is 6.42 Å². The van der Waals surface area contributed by atoms with Crippen LogP contribution in [0.25, 0.3) is 0 Å². The first-order valence-corrected chi connectivity index (χ1v) is 9.70. The third-order valence-electron chi connectivity index (χ3n) is 5.96. The van der Waals surface area contributed by atoms with Crippen LogP contribution in [-0.2, 0) is 12.8 Å². The fraction of sp³-hybridized carbons (Fsp3) is 0.435. The van der Waals surface area contributed by atoms with Crippen molar-refractivity contribution >= 4 is 5.95 Å². The molecule has 1 aliphatic carbocycles. The Morgan fingerprint density at radius 3 is 2.79 bits per heavy atom. The van der Waals surface area contributed by atoms with E-state index in [1.54, 1.807) is 13.3 Å². The Morgan fingerprint density at radius 1 is 1.38 bits per heavy atom. The number of terminal acetylenes is 1. The molecule has 1 aromatic carbocycles. The summed E-state index contributed by atoms with van der Waals surface area (Å²) in [4.78, 5) is 8.83. The average molecular weight is 390 g/mol. The van der Waals surface area contributed by atoms with Crippen molar-refractivity contribution in [2.45, 2.75) is 39.2 Å². The van der Waals surface area contributed by atoms with Gasteiger partial charge in [0.25, 0.3) is 0 Å². The molecule has 0 unspecified atom stereocenters. The molecule has 6 heteroatoms. The van der Waals surface area contributed by atoms with Gasteiger partial charge in [-0.3, -0.25) is 0 Å². The summed E-state index contributed by atoms with van der Waals surface area (Å²) in [6.45, 7) is 4.74. The van der Waals surface area contributed by atoms with Crippen molar-refractivity contribution in [1.29, 1.82) is 5.26 Å². The van der Waals surface area contributed by atoms with E-state index in [0.717, 1.165) is 29.7 Å². The summed E-state index contributed by atoms with van der Waals surface area (Å²) in [6.07, 6.45) is 8.89. The number of nitriles is 1. The molecule has 1 saturated carbocycles. The zero-order valence-corrected chi connectivity index (χ0v) is 17.1. The van der Waals surface area contributed by atoms with Crippen LogP contribution in [0.2, 0.25) is 0 Å². The zero-order valence-electron chi connectivity index (χ0n) is 17.1. The highest BCUT2D eigenvalue weighted by atomic mass is 16.5. The summed E-state index contributed by atoms with van der Waals surface area (Å²) in [7, 11) is 1.60. The number of hydrogen-bond acceptors (Lipinski definition) is 6. The zero-order chi connectivity index (χ0) is 21.0. The predicted molar refractivity (Wildman–Crippen MR) is 111 cm³/mol. The van der Waals surface area contributed by atoms with Gasteiger partial charge in [0.05, 0.1) is 36.2 Å². The van der Waals surface area contributed by atoms with Gasteiger partial charge in [-0.05, 0) is 48.3 Å². The topological polar surface area (TPSA) is 91.1 Å². The monoisotopic (exact) mass is 390 g/mol. The van der Waals surface area contributed by atoms with Gasteiger partial charge in [0.1, 0.15) is 11.8 Å². The SMILES string of the molecule is C#Cc1ccc(CCNc2ncc(C#N)c(C[C@@H]3C[C@H](O)C3(C)C)n2)cc1OC. The molecule has 0 saturated heterocycles. The summed E-state index contributed by atoms with van der Waals surface area (Å²) >= 11 is 0. The Kier molecular flexibility index (Phi) is 6.06. The maximum atomic E-state index is 9.97. The minimum atomic E-state index is -0.296. The molecular formula is C23H26N4O2. The molecule has 1 aromatic heterocycles. The van der Waals surface area contributed by atoms with Crippen molar-refractivity contribution in [2.24, 2.45) is 11.3 Å². The fourth-order valence-electron chi connectivity index (χ4n) is 3.65. The summed E-state index contributed by atoms with van der Waals surface area (Å²) in [5.74, 6) is 4.09. The van der Waals surface area contributed by atoms with E-state index in [1.165, 1.54) is 0 Å². The summed E-state index contributed by atoms with van der Waals surface area (Å²) in [5, 5.41) is 22.6. The smallest absolute Gasteiger partial charge is 0.222 e. The number of ether oxygens (including phenoxy) is 1. The number of nitrogens with zero attached hydrogens (tertiary/aromatic N) is 3. The first-order valence-electron chi connectivity index (χ1n) is 9.70. The van der Waals surface area contributed by atoms with Crippen LogP contribution in [0.1, 0.15) is 42.7 Å². The first kappa shape index (κ1) is 20.6. The van der Waals surface area contributed by atoms with Crippen molar-refractivity contribution in [1.82, 2.24) is 9.97 Å². The Labute approximate surface area is 172 Å². The van der Waals surface area contributed by atoms with Crippen molar-refractivity contribution in [3.8, 4) is 24.2 Å². The Hall–Kier alpha value is -3.09. The number of anilines is 1. The van der Waals surface area contributed by atoms with Crippen LogP contribution in [0.15, 0.2) is 24.4 Å². The Bertz CT molecular complexity index is 972. The molecule has 150 valence electrons. The largest absolute Gasteiger partial charge is 0.495 e. The van der Waals surface area contributed by atoms with E-state index < -0.39 is 0 Å². The lowest BCUT2D eigenvalue weighted by Crippen LogP contribution is -2.50. The summed E-state index contributed by atoms with van der Waals surface area (Å²) in [5.41, 5.74) is 2.88. The lowest BCUT2D eigenvalue weighted by Gasteiger charge is -2.49. The molecule has 3 rings (SSSR count). The number of benzene rings is 1. The lowest BCUT2D eigenvalue weighted by atomic mass is 9.58. The molecule has 1 aliphatic rings. The normalized spacial score (nSPS) is 19.5. The molecule has 2 aromatic rings. The third kappa shape index (κ3) is 4.34. The molecule has 2 N–H and O–H groups in total. The van der Waals surface area contributed by atoms with Crippen LogP contribution in [0.5, 0.6) is 5.75 Å². The minimum absolute atomic E-state index is 0.158. The predicted octanol–water partition coefficient (Wildman–Crippen LogP) is 2.94. The molecule has 0 radical (unpaired) electrons. The molecule has 0 spiro atoms. The van der Waals surface area contributed by atoms with Gasteiger partial charge in [-0.1, -0.05) is 25.8 Å². The number of aromatic nitrogens is 2. The second-order valence-corrected chi connectivity index (χ2v) is 8.00. The van der Waals surface area contributed by atoms with Crippen LogP contribution in [0.4, 0.5) is 5.95 Å². The molecule has 29 heavy (non-hydrogen) atoms. The molecule has 0 amide bonds. The highest BCUT2D eigenvalue weighted by Gasteiger charge is 2.47. The number of hydrogen-bond donors (Lipinski definition) is 2. The maximum absolute atomic E-state index is 9.97. The van der Waals surface area contributed by atoms with Crippen molar-refractivity contribution in [2.75, 3.05) is 19.0 Å². The number of aliphatic hydroxyl groups is 1. The minimum Gasteiger partial charge on any atom is -0.495 e. The van der Waals surface area contributed by atoms with Crippen molar-refractivity contribution in [3.05, 3.63) is 46.8 Å². The van der Waals surface area contributed by atoms with Gasteiger partial charge in [0, 0.05) is 6.54 Å². The quantitative estimate of drug-likeness (QED) is 0.707. The number of aliphatic hydroxyl groups excluding tert-OH is 1. The number of methoxy groups -OCH3 is 1. The van der Waals surface area contributed by atoms with E-state index in [0.29, 0.717) is 36.1 Å². The summed E-state index contributed by atoms with van der Waals surface area (Å²) < 4.78 is 5.32. The van der Waals surface area contributed by atoms with Crippen LogP contribution in [-0.4, -0.2) is 34.8 Å². The van der Waals surface area contributed by atoms with E-state index in [9.17, 15) is 10.4 Å². The van der Waals surface area contributed by atoms with Crippen LogP contribution >= 0.6 is 0 Å². The van der Waals surface area contributed by atoms with Crippen molar-refractivity contribution < 1.29 is 9.84 Å². The Balaban J connectivity index is 1.65. The van der Waals surface area contributed by atoms with E-state index in [1.807, 2.05) is 18.2 Å². The molecule has 0 bridgehead atoms. The molecule has 0 aliphatic heterocycles. The number of rotatable bonds is 7. The van der Waals surface area contributed by atoms with Gasteiger partial charge >= 0.3 is 0 Å². The van der Waals surface area contributed by atoms with Crippen LogP contribution in [0, 0.1) is 35.0 Å². The molecular weight excluding hydrogens is 364 g/mol. The molecule has 1 fully saturated rings. The van der Waals surface area contributed by atoms with Crippen LogP contribution < -0.4 is 10.1 Å². The molecule has 1 heterocycles. The molecule has 6 nitrogen and oxygen atoms in total. The van der Waals surface area contributed by atoms with E-state index in [4.69, 9.17) is 11.2 Å².